The highest BCUT2D eigenvalue weighted by Gasteiger charge is 2.27. The van der Waals surface area contributed by atoms with E-state index < -0.39 is 16.1 Å². The molecule has 0 atom stereocenters. The number of sulfonamides is 1. The number of imidazole rings is 1. The van der Waals surface area contributed by atoms with Crippen molar-refractivity contribution in [1.29, 1.82) is 0 Å². The Kier molecular flexibility index (Phi) is 5.56. The van der Waals surface area contributed by atoms with Gasteiger partial charge in [-0.25, -0.2) is 14.5 Å². The maximum Gasteiger partial charge on any atom is 0.335 e. The fourth-order valence-corrected chi connectivity index (χ4v) is 4.41. The number of nitrogens with one attached hydrogen (secondary N) is 2. The molecule has 0 unspecified atom stereocenters. The van der Waals surface area contributed by atoms with E-state index in [2.05, 4.69) is 20.3 Å². The van der Waals surface area contributed by atoms with Gasteiger partial charge in [-0.1, -0.05) is 6.07 Å². The summed E-state index contributed by atoms with van der Waals surface area (Å²) in [6.45, 7) is 0. The van der Waals surface area contributed by atoms with E-state index in [0.29, 0.717) is 5.65 Å². The Morgan fingerprint density at radius 1 is 1.14 bits per heavy atom. The molecular weight excluding hydrogens is 408 g/mol. The van der Waals surface area contributed by atoms with Crippen molar-refractivity contribution in [2.75, 3.05) is 25.8 Å². The third-order valence-electron chi connectivity index (χ3n) is 3.45. The Labute approximate surface area is 164 Å². The number of hydrogen-bond donors (Lipinski definition) is 2. The number of nitrogens with zero attached hydrogens (tertiary/aromatic N) is 4. The van der Waals surface area contributed by atoms with Crippen molar-refractivity contribution in [3.05, 3.63) is 30.5 Å². The molecule has 13 heteroatoms. The Hall–Kier alpha value is -3.06. The van der Waals surface area contributed by atoms with Crippen LogP contribution in [-0.2, 0) is 10.0 Å². The van der Waals surface area contributed by atoms with Gasteiger partial charge in [0.15, 0.2) is 5.03 Å². The highest BCUT2D eigenvalue weighted by atomic mass is 32.2. The number of carbonyl (C=O) groups is 1. The molecular formula is C15H16N6O5S2. The molecule has 148 valence electrons. The fourth-order valence-electron chi connectivity index (χ4n) is 2.30. The molecule has 0 saturated heterocycles. The maximum atomic E-state index is 12.8. The number of aromatic nitrogens is 4. The van der Waals surface area contributed by atoms with Gasteiger partial charge in [-0.3, -0.25) is 9.72 Å². The van der Waals surface area contributed by atoms with Crippen LogP contribution in [0.15, 0.2) is 40.5 Å². The molecule has 0 fully saturated rings. The minimum atomic E-state index is -4.24. The number of rotatable bonds is 6. The average molecular weight is 424 g/mol. The summed E-state index contributed by atoms with van der Waals surface area (Å²) in [7, 11) is -1.48. The van der Waals surface area contributed by atoms with Crippen molar-refractivity contribution in [2.45, 2.75) is 10.1 Å². The first-order valence-electron chi connectivity index (χ1n) is 7.70. The molecule has 3 aromatic heterocycles. The van der Waals surface area contributed by atoms with Gasteiger partial charge in [0.05, 0.1) is 20.3 Å². The molecule has 3 aromatic rings. The number of hydrogen-bond acceptors (Lipinski definition) is 9. The van der Waals surface area contributed by atoms with Crippen LogP contribution in [0.3, 0.4) is 0 Å². The van der Waals surface area contributed by atoms with E-state index in [1.165, 1.54) is 24.7 Å². The summed E-state index contributed by atoms with van der Waals surface area (Å²) in [5.41, 5.74) is 0.438. The number of amides is 2. The highest BCUT2D eigenvalue weighted by molar-refractivity contribution is 7.99. The second-order valence-corrected chi connectivity index (χ2v) is 7.58. The lowest BCUT2D eigenvalue weighted by Gasteiger charge is -2.10. The molecule has 2 amide bonds. The third-order valence-corrected chi connectivity index (χ3v) is 5.61. The van der Waals surface area contributed by atoms with E-state index >= 15 is 0 Å². The van der Waals surface area contributed by atoms with E-state index in [4.69, 9.17) is 9.47 Å². The number of ether oxygens (including phenoxy) is 2. The van der Waals surface area contributed by atoms with Crippen LogP contribution in [0.1, 0.15) is 0 Å². The second kappa shape index (κ2) is 7.90. The SMILES string of the molecule is COc1cc(OC)nc(NC(=O)NS(=O)(=O)c2c(SC)nc3ccccn23)n1. The minimum absolute atomic E-state index is 0.136. The number of pyridine rings is 1. The van der Waals surface area contributed by atoms with Gasteiger partial charge in [0.2, 0.25) is 17.7 Å². The molecule has 0 saturated carbocycles. The molecule has 0 aliphatic heterocycles. The lowest BCUT2D eigenvalue weighted by atomic mass is 10.5. The van der Waals surface area contributed by atoms with Gasteiger partial charge < -0.3 is 9.47 Å². The zero-order valence-electron chi connectivity index (χ0n) is 15.0. The van der Waals surface area contributed by atoms with Crippen molar-refractivity contribution < 1.29 is 22.7 Å². The van der Waals surface area contributed by atoms with Crippen molar-refractivity contribution in [3.8, 4) is 11.8 Å². The molecule has 3 heterocycles. The predicted octanol–water partition coefficient (Wildman–Crippen LogP) is 1.37. The number of thioether (sulfide) groups is 1. The minimum Gasteiger partial charge on any atom is -0.481 e. The molecule has 0 aliphatic carbocycles. The molecule has 0 spiro atoms. The topological polar surface area (TPSA) is 137 Å². The Bertz CT molecular complexity index is 1110. The molecule has 2 N–H and O–H groups in total. The largest absolute Gasteiger partial charge is 0.481 e. The van der Waals surface area contributed by atoms with E-state index in [-0.39, 0.29) is 27.8 Å². The highest BCUT2D eigenvalue weighted by Crippen LogP contribution is 2.25. The third kappa shape index (κ3) is 3.94. The molecule has 0 aromatic carbocycles. The molecule has 0 bridgehead atoms. The smallest absolute Gasteiger partial charge is 0.335 e. The second-order valence-electron chi connectivity index (χ2n) is 5.19. The first-order valence-corrected chi connectivity index (χ1v) is 10.4. The molecule has 11 nitrogen and oxygen atoms in total. The van der Waals surface area contributed by atoms with Crippen molar-refractivity contribution in [1.82, 2.24) is 24.1 Å². The monoisotopic (exact) mass is 424 g/mol. The normalized spacial score (nSPS) is 11.2. The van der Waals surface area contributed by atoms with Crippen LogP contribution in [0.4, 0.5) is 10.7 Å². The van der Waals surface area contributed by atoms with Gasteiger partial charge in [0, 0.05) is 6.20 Å². The average Bonchev–Trinajstić information content (AvgIpc) is 3.06. The standard InChI is InChI=1S/C15H16N6O5S2/c1-25-10-8-11(26-2)18-14(17-10)19-15(22)20-28(23,24)13-12(27-3)16-9-6-4-5-7-21(9)13/h4-8H,1-3H3,(H2,17,18,19,20,22). The predicted molar refractivity (Wildman–Crippen MR) is 101 cm³/mol. The summed E-state index contributed by atoms with van der Waals surface area (Å²) in [6, 6.07) is 5.41. The number of fused-ring (bicyclic) bond motifs is 1. The number of urea groups is 1. The maximum absolute atomic E-state index is 12.8. The van der Waals surface area contributed by atoms with Gasteiger partial charge in [-0.15, -0.1) is 11.8 Å². The Morgan fingerprint density at radius 2 is 1.82 bits per heavy atom. The number of anilines is 1. The van der Waals surface area contributed by atoms with Gasteiger partial charge in [-0.05, 0) is 18.4 Å². The number of carbonyl (C=O) groups excluding carboxylic acids is 1. The first-order chi connectivity index (χ1) is 13.4. The van der Waals surface area contributed by atoms with Crippen LogP contribution in [0.5, 0.6) is 11.8 Å². The van der Waals surface area contributed by atoms with E-state index in [1.54, 1.807) is 30.7 Å². The summed E-state index contributed by atoms with van der Waals surface area (Å²) in [5.74, 6) is 0.0834. The van der Waals surface area contributed by atoms with Crippen molar-refractivity contribution >= 4 is 39.4 Å². The molecule has 3 rings (SSSR count). The Morgan fingerprint density at radius 3 is 2.43 bits per heavy atom. The zero-order chi connectivity index (χ0) is 20.3. The van der Waals surface area contributed by atoms with Crippen molar-refractivity contribution in [3.63, 3.8) is 0 Å². The van der Waals surface area contributed by atoms with Crippen LogP contribution < -0.4 is 19.5 Å². The summed E-state index contributed by atoms with van der Waals surface area (Å²) in [4.78, 5) is 24.3. The van der Waals surface area contributed by atoms with E-state index in [9.17, 15) is 13.2 Å². The first kappa shape index (κ1) is 19.7. The van der Waals surface area contributed by atoms with Gasteiger partial charge in [0.25, 0.3) is 10.0 Å². The van der Waals surface area contributed by atoms with Gasteiger partial charge in [-0.2, -0.15) is 18.4 Å². The zero-order valence-corrected chi connectivity index (χ0v) is 16.7. The Balaban J connectivity index is 1.88. The summed E-state index contributed by atoms with van der Waals surface area (Å²) < 4.78 is 38.9. The van der Waals surface area contributed by atoms with Gasteiger partial charge >= 0.3 is 6.03 Å². The molecule has 0 aliphatic rings. The number of methoxy groups -OCH3 is 2. The quantitative estimate of drug-likeness (QED) is 0.562. The van der Waals surface area contributed by atoms with Crippen LogP contribution >= 0.6 is 11.8 Å². The van der Waals surface area contributed by atoms with Crippen LogP contribution in [-0.4, -0.2) is 54.3 Å². The van der Waals surface area contributed by atoms with Crippen LogP contribution in [0.25, 0.3) is 5.65 Å². The fraction of sp³-hybridized carbons (Fsp3) is 0.200. The van der Waals surface area contributed by atoms with Crippen LogP contribution in [0, 0.1) is 0 Å². The molecule has 28 heavy (non-hydrogen) atoms. The summed E-state index contributed by atoms with van der Waals surface area (Å²) >= 11 is 1.15. The van der Waals surface area contributed by atoms with E-state index in [1.807, 2.05) is 4.72 Å². The van der Waals surface area contributed by atoms with E-state index in [0.717, 1.165) is 11.8 Å². The lowest BCUT2D eigenvalue weighted by molar-refractivity contribution is 0.256. The lowest BCUT2D eigenvalue weighted by Crippen LogP contribution is -2.35. The summed E-state index contributed by atoms with van der Waals surface area (Å²) in [5, 5.41) is 2.36. The van der Waals surface area contributed by atoms with Crippen molar-refractivity contribution in [2.24, 2.45) is 0 Å². The van der Waals surface area contributed by atoms with Crippen LogP contribution in [0.2, 0.25) is 0 Å². The molecule has 0 radical (unpaired) electrons. The summed E-state index contributed by atoms with van der Waals surface area (Å²) in [6.07, 6.45) is 3.24. The van der Waals surface area contributed by atoms with Gasteiger partial charge in [0.1, 0.15) is 10.7 Å².